The van der Waals surface area contributed by atoms with Crippen LogP contribution in [0.15, 0.2) is 194 Å². The van der Waals surface area contributed by atoms with Crippen molar-refractivity contribution in [1.29, 1.82) is 0 Å². The Bertz CT molecular complexity index is 3930. The van der Waals surface area contributed by atoms with Gasteiger partial charge in [-0.15, -0.1) is 22.7 Å². The monoisotopic (exact) mass is 852 g/mol. The lowest BCUT2D eigenvalue weighted by molar-refractivity contribution is 1.02. The van der Waals surface area contributed by atoms with Gasteiger partial charge in [-0.25, -0.2) is 19.9 Å². The molecule has 6 aromatic heterocycles. The Labute approximate surface area is 373 Å². The van der Waals surface area contributed by atoms with Crippen LogP contribution < -0.4 is 0 Å². The van der Waals surface area contributed by atoms with E-state index in [1.165, 1.54) is 41.7 Å². The van der Waals surface area contributed by atoms with Crippen molar-refractivity contribution < 1.29 is 0 Å². The van der Waals surface area contributed by atoms with Gasteiger partial charge in [0.25, 0.3) is 0 Å². The van der Waals surface area contributed by atoms with Gasteiger partial charge in [-0.1, -0.05) is 146 Å². The Morgan fingerprint density at radius 3 is 1.16 bits per heavy atom. The molecule has 0 N–H and O–H groups in total. The lowest BCUT2D eigenvalue weighted by atomic mass is 10.00. The van der Waals surface area contributed by atoms with E-state index in [9.17, 15) is 0 Å². The second kappa shape index (κ2) is 13.7. The highest BCUT2D eigenvalue weighted by Crippen LogP contribution is 2.46. The molecule has 0 amide bonds. The van der Waals surface area contributed by atoms with E-state index in [4.69, 9.17) is 19.9 Å². The number of nitrogens with zero attached hydrogens (tertiary/aromatic N) is 6. The predicted octanol–water partition coefficient (Wildman–Crippen LogP) is 15.2. The molecule has 0 saturated heterocycles. The molecule has 0 radical (unpaired) electrons. The van der Waals surface area contributed by atoms with Gasteiger partial charge in [0, 0.05) is 63.6 Å². The molecule has 0 bridgehead atoms. The molecule has 0 atom stereocenters. The molecule has 64 heavy (non-hydrogen) atoms. The first-order valence-electron chi connectivity index (χ1n) is 21.3. The minimum atomic E-state index is 0.665. The van der Waals surface area contributed by atoms with E-state index in [0.717, 1.165) is 76.1 Å². The first-order valence-corrected chi connectivity index (χ1v) is 22.9. The van der Waals surface area contributed by atoms with E-state index in [0.29, 0.717) is 11.9 Å². The molecule has 8 aromatic carbocycles. The highest BCUT2D eigenvalue weighted by molar-refractivity contribution is 7.26. The average molecular weight is 853 g/mol. The van der Waals surface area contributed by atoms with E-state index in [-0.39, 0.29) is 0 Å². The number of aromatic nitrogens is 6. The van der Waals surface area contributed by atoms with Crippen LogP contribution in [0.5, 0.6) is 0 Å². The van der Waals surface area contributed by atoms with Crippen LogP contribution in [0.3, 0.4) is 0 Å². The fourth-order valence-corrected chi connectivity index (χ4v) is 12.2. The van der Waals surface area contributed by atoms with Crippen LogP contribution in [0.2, 0.25) is 0 Å². The van der Waals surface area contributed by atoms with Crippen molar-refractivity contribution >= 4 is 107 Å². The third kappa shape index (κ3) is 5.24. The molecule has 14 aromatic rings. The van der Waals surface area contributed by atoms with E-state index >= 15 is 0 Å². The lowest BCUT2D eigenvalue weighted by Gasteiger charge is -2.12. The van der Waals surface area contributed by atoms with E-state index < -0.39 is 0 Å². The Morgan fingerprint density at radius 1 is 0.312 bits per heavy atom. The molecule has 298 valence electrons. The fraction of sp³-hybridized carbons (Fsp3) is 0. The molecular formula is C56H32N6S2. The molecule has 6 nitrogen and oxygen atoms in total. The van der Waals surface area contributed by atoms with Crippen molar-refractivity contribution in [2.75, 3.05) is 0 Å². The Hall–Kier alpha value is -8.04. The summed E-state index contributed by atoms with van der Waals surface area (Å²) in [5.41, 5.74) is 10.2. The lowest BCUT2D eigenvalue weighted by Crippen LogP contribution is -2.03. The smallest absolute Gasteiger partial charge is 0.236 e. The maximum atomic E-state index is 5.36. The minimum absolute atomic E-state index is 0.665. The molecule has 0 unspecified atom stereocenters. The molecule has 8 heteroatoms. The van der Waals surface area contributed by atoms with Gasteiger partial charge in [0.2, 0.25) is 11.9 Å². The van der Waals surface area contributed by atoms with Crippen molar-refractivity contribution in [3.8, 4) is 45.5 Å². The van der Waals surface area contributed by atoms with Gasteiger partial charge in [0.05, 0.1) is 33.5 Å². The van der Waals surface area contributed by atoms with Crippen LogP contribution in [0.4, 0.5) is 0 Å². The second-order valence-electron chi connectivity index (χ2n) is 16.2. The number of thiophene rings is 2. The molecule has 14 rings (SSSR count). The first kappa shape index (κ1) is 35.5. The van der Waals surface area contributed by atoms with Gasteiger partial charge in [-0.2, -0.15) is 0 Å². The standard InChI is InChI=1S/C56H32N6S2/c1-3-15-33(16-4-1)51-37-19-7-11-23-43(37)57-55(59-51)61-45-29-27-35(31-41(45)49-39-21-9-13-25-47(39)63-53(49)61)36-28-30-46-42(32-36)50-40-22-10-14-26-48(40)64-54(50)62(46)56-58-44-24-12-8-20-38(44)52(60-56)34-17-5-2-6-18-34/h1-32H. The molecule has 0 fully saturated rings. The summed E-state index contributed by atoms with van der Waals surface area (Å²) >= 11 is 3.59. The van der Waals surface area contributed by atoms with Crippen LogP contribution in [-0.4, -0.2) is 29.1 Å². The van der Waals surface area contributed by atoms with E-state index in [1.807, 2.05) is 12.1 Å². The highest BCUT2D eigenvalue weighted by atomic mass is 32.1. The number of hydrogen-bond acceptors (Lipinski definition) is 6. The van der Waals surface area contributed by atoms with Gasteiger partial charge in [-0.3, -0.25) is 9.13 Å². The maximum Gasteiger partial charge on any atom is 0.236 e. The summed E-state index contributed by atoms with van der Waals surface area (Å²) in [5.74, 6) is 1.33. The van der Waals surface area contributed by atoms with Gasteiger partial charge in [-0.05, 0) is 59.7 Å². The van der Waals surface area contributed by atoms with Crippen LogP contribution in [-0.2, 0) is 0 Å². The minimum Gasteiger partial charge on any atom is -0.269 e. The number of benzene rings is 8. The van der Waals surface area contributed by atoms with Gasteiger partial charge in [0.1, 0.15) is 9.66 Å². The third-order valence-electron chi connectivity index (χ3n) is 12.6. The molecular weight excluding hydrogens is 821 g/mol. The van der Waals surface area contributed by atoms with Crippen LogP contribution in [0.1, 0.15) is 0 Å². The van der Waals surface area contributed by atoms with Crippen LogP contribution >= 0.6 is 22.7 Å². The number of para-hydroxylation sites is 2. The quantitative estimate of drug-likeness (QED) is 0.173. The largest absolute Gasteiger partial charge is 0.269 e. The zero-order valence-corrected chi connectivity index (χ0v) is 35.6. The Kier molecular flexibility index (Phi) is 7.63. The van der Waals surface area contributed by atoms with Gasteiger partial charge in [0.15, 0.2) is 0 Å². The van der Waals surface area contributed by atoms with Crippen molar-refractivity contribution in [3.63, 3.8) is 0 Å². The zero-order valence-electron chi connectivity index (χ0n) is 34.0. The Morgan fingerprint density at radius 2 is 0.703 bits per heavy atom. The summed E-state index contributed by atoms with van der Waals surface area (Å²) in [6, 6.07) is 68.7. The van der Waals surface area contributed by atoms with E-state index in [2.05, 4.69) is 191 Å². The first-order chi connectivity index (χ1) is 31.7. The molecule has 0 aliphatic rings. The van der Waals surface area contributed by atoms with Gasteiger partial charge >= 0.3 is 0 Å². The number of hydrogen-bond donors (Lipinski definition) is 0. The molecule has 0 spiro atoms. The van der Waals surface area contributed by atoms with Crippen molar-refractivity contribution in [3.05, 3.63) is 194 Å². The Balaban J connectivity index is 1.00. The average Bonchev–Trinajstić information content (AvgIpc) is 4.10. The second-order valence-corrected chi connectivity index (χ2v) is 18.3. The highest BCUT2D eigenvalue weighted by Gasteiger charge is 2.24. The van der Waals surface area contributed by atoms with Gasteiger partial charge < -0.3 is 0 Å². The summed E-state index contributed by atoms with van der Waals surface area (Å²) in [4.78, 5) is 23.5. The van der Waals surface area contributed by atoms with E-state index in [1.54, 1.807) is 22.7 Å². The third-order valence-corrected chi connectivity index (χ3v) is 14.9. The fourth-order valence-electron chi connectivity index (χ4n) is 9.70. The van der Waals surface area contributed by atoms with Crippen LogP contribution in [0.25, 0.3) is 130 Å². The van der Waals surface area contributed by atoms with Crippen molar-refractivity contribution in [2.24, 2.45) is 0 Å². The normalized spacial score (nSPS) is 12.1. The SMILES string of the molecule is c1ccc(-c2nc(-n3c4ccc(-c5ccc6c(c5)c5c7ccccc7sc5n6-c5nc(-c6ccccc6)c6ccccc6n5)cc4c4c5ccccc5sc43)nc3ccccc23)cc1. The molecule has 0 aliphatic heterocycles. The summed E-state index contributed by atoms with van der Waals surface area (Å²) in [7, 11) is 0. The number of rotatable bonds is 5. The molecule has 0 saturated carbocycles. The summed E-state index contributed by atoms with van der Waals surface area (Å²) < 4.78 is 7.02. The van der Waals surface area contributed by atoms with Crippen molar-refractivity contribution in [1.82, 2.24) is 29.1 Å². The number of fused-ring (bicyclic) bond motifs is 12. The summed E-state index contributed by atoms with van der Waals surface area (Å²) in [6.07, 6.45) is 0. The van der Waals surface area contributed by atoms with Crippen LogP contribution in [0, 0.1) is 0 Å². The summed E-state index contributed by atoms with van der Waals surface area (Å²) in [5, 5.41) is 9.31. The zero-order chi connectivity index (χ0) is 41.9. The topological polar surface area (TPSA) is 61.4 Å². The molecule has 6 heterocycles. The maximum absolute atomic E-state index is 5.36. The summed E-state index contributed by atoms with van der Waals surface area (Å²) in [6.45, 7) is 0. The molecule has 0 aliphatic carbocycles. The predicted molar refractivity (Wildman–Crippen MR) is 268 cm³/mol. The van der Waals surface area contributed by atoms with Crippen molar-refractivity contribution in [2.45, 2.75) is 0 Å².